The highest BCUT2D eigenvalue weighted by Gasteiger charge is 2.24. The van der Waals surface area contributed by atoms with Crippen LogP contribution >= 0.6 is 0 Å². The molecule has 0 spiro atoms. The fourth-order valence-corrected chi connectivity index (χ4v) is 2.87. The van der Waals surface area contributed by atoms with Gasteiger partial charge in [-0.1, -0.05) is 24.3 Å². The summed E-state index contributed by atoms with van der Waals surface area (Å²) in [5.41, 5.74) is 1.17. The van der Waals surface area contributed by atoms with Crippen molar-refractivity contribution < 1.29 is 14.6 Å². The zero-order valence-corrected chi connectivity index (χ0v) is 11.7. The molecular weight excluding hydrogens is 252 g/mol. The molecule has 0 aromatic heterocycles. The molecule has 2 aromatic rings. The average Bonchev–Trinajstić information content (AvgIpc) is 3.01. The molecule has 0 bridgehead atoms. The molecule has 0 amide bonds. The molecule has 2 atom stereocenters. The minimum absolute atomic E-state index is 0.260. The van der Waals surface area contributed by atoms with Gasteiger partial charge in [0.05, 0.1) is 19.8 Å². The molecule has 106 valence electrons. The lowest BCUT2D eigenvalue weighted by molar-refractivity contribution is 0.0921. The molecule has 0 saturated carbocycles. The Kier molecular flexibility index (Phi) is 3.90. The van der Waals surface area contributed by atoms with E-state index >= 15 is 0 Å². The number of hydrogen-bond acceptors (Lipinski definition) is 3. The van der Waals surface area contributed by atoms with Gasteiger partial charge in [0.25, 0.3) is 0 Å². The third-order valence-corrected chi connectivity index (χ3v) is 4.12. The van der Waals surface area contributed by atoms with E-state index < -0.39 is 0 Å². The first-order chi connectivity index (χ1) is 9.78. The van der Waals surface area contributed by atoms with Gasteiger partial charge in [-0.25, -0.2) is 0 Å². The van der Waals surface area contributed by atoms with Crippen molar-refractivity contribution in [2.24, 2.45) is 5.92 Å². The third kappa shape index (κ3) is 2.65. The summed E-state index contributed by atoms with van der Waals surface area (Å²) in [7, 11) is 1.68. The van der Waals surface area contributed by atoms with Crippen molar-refractivity contribution in [3.8, 4) is 5.75 Å². The predicted octanol–water partition coefficient (Wildman–Crippen LogP) is 2.79. The average molecular weight is 272 g/mol. The Morgan fingerprint density at radius 1 is 1.35 bits per heavy atom. The van der Waals surface area contributed by atoms with Crippen molar-refractivity contribution in [2.45, 2.75) is 18.9 Å². The number of benzene rings is 2. The van der Waals surface area contributed by atoms with E-state index in [2.05, 4.69) is 18.2 Å². The first kappa shape index (κ1) is 13.4. The normalized spacial score (nSPS) is 20.2. The number of methoxy groups -OCH3 is 1. The highest BCUT2D eigenvalue weighted by molar-refractivity contribution is 5.87. The Hall–Kier alpha value is -1.58. The molecule has 20 heavy (non-hydrogen) atoms. The summed E-state index contributed by atoms with van der Waals surface area (Å²) in [6, 6.07) is 12.3. The predicted molar refractivity (Wildman–Crippen MR) is 79.1 cm³/mol. The first-order valence-electron chi connectivity index (χ1n) is 7.09. The van der Waals surface area contributed by atoms with Crippen LogP contribution in [0.2, 0.25) is 0 Å². The van der Waals surface area contributed by atoms with Gasteiger partial charge in [0, 0.05) is 12.5 Å². The molecule has 1 aliphatic heterocycles. The van der Waals surface area contributed by atoms with Crippen molar-refractivity contribution >= 4 is 10.8 Å². The van der Waals surface area contributed by atoms with Crippen LogP contribution in [-0.4, -0.2) is 31.5 Å². The van der Waals surface area contributed by atoms with Crippen LogP contribution in [0.25, 0.3) is 10.8 Å². The lowest BCUT2D eigenvalue weighted by atomic mass is 9.93. The van der Waals surface area contributed by atoms with Crippen LogP contribution in [0.5, 0.6) is 5.75 Å². The van der Waals surface area contributed by atoms with Gasteiger partial charge in [-0.05, 0) is 41.3 Å². The fourth-order valence-electron chi connectivity index (χ4n) is 2.87. The smallest absolute Gasteiger partial charge is 0.119 e. The molecule has 1 heterocycles. The van der Waals surface area contributed by atoms with E-state index in [1.54, 1.807) is 7.11 Å². The number of hydrogen-bond donors (Lipinski definition) is 1. The summed E-state index contributed by atoms with van der Waals surface area (Å²) >= 11 is 0. The van der Waals surface area contributed by atoms with Crippen molar-refractivity contribution in [3.05, 3.63) is 42.0 Å². The standard InChI is InChI=1S/C17H20O3/c1-19-15-6-5-12-3-2-4-13(16(12)10-15)9-17(18)14-7-8-20-11-14/h2-6,10,14,17-18H,7-9,11H2,1H3. The summed E-state index contributed by atoms with van der Waals surface area (Å²) in [6.07, 6.45) is 1.28. The Morgan fingerprint density at radius 3 is 3.00 bits per heavy atom. The molecule has 2 aromatic carbocycles. The maximum Gasteiger partial charge on any atom is 0.119 e. The van der Waals surface area contributed by atoms with Gasteiger partial charge in [0.1, 0.15) is 5.75 Å². The molecule has 3 nitrogen and oxygen atoms in total. The number of ether oxygens (including phenoxy) is 2. The number of fused-ring (bicyclic) bond motifs is 1. The molecule has 1 fully saturated rings. The van der Waals surface area contributed by atoms with E-state index in [0.29, 0.717) is 13.0 Å². The topological polar surface area (TPSA) is 38.7 Å². The van der Waals surface area contributed by atoms with Gasteiger partial charge >= 0.3 is 0 Å². The zero-order chi connectivity index (χ0) is 13.9. The minimum Gasteiger partial charge on any atom is -0.497 e. The lowest BCUT2D eigenvalue weighted by Crippen LogP contribution is -2.23. The van der Waals surface area contributed by atoms with Crippen molar-refractivity contribution in [1.29, 1.82) is 0 Å². The Balaban J connectivity index is 1.89. The van der Waals surface area contributed by atoms with E-state index in [9.17, 15) is 5.11 Å². The number of rotatable bonds is 4. The highest BCUT2D eigenvalue weighted by Crippen LogP contribution is 2.27. The van der Waals surface area contributed by atoms with Crippen LogP contribution in [0.3, 0.4) is 0 Å². The van der Waals surface area contributed by atoms with Crippen LogP contribution in [0.15, 0.2) is 36.4 Å². The van der Waals surface area contributed by atoms with Crippen LogP contribution in [0, 0.1) is 5.92 Å². The first-order valence-corrected chi connectivity index (χ1v) is 7.09. The molecule has 3 rings (SSSR count). The zero-order valence-electron chi connectivity index (χ0n) is 11.7. The van der Waals surface area contributed by atoms with Gasteiger partial charge in [-0.3, -0.25) is 0 Å². The molecule has 0 aliphatic carbocycles. The summed E-state index contributed by atoms with van der Waals surface area (Å²) < 4.78 is 10.7. The van der Waals surface area contributed by atoms with Gasteiger partial charge in [-0.2, -0.15) is 0 Å². The number of aliphatic hydroxyl groups is 1. The van der Waals surface area contributed by atoms with Gasteiger partial charge in [0.15, 0.2) is 0 Å². The minimum atomic E-state index is -0.339. The molecule has 2 unspecified atom stereocenters. The van der Waals surface area contributed by atoms with Crippen molar-refractivity contribution in [2.75, 3.05) is 20.3 Å². The second-order valence-electron chi connectivity index (χ2n) is 5.40. The van der Waals surface area contributed by atoms with Gasteiger partial charge in [0.2, 0.25) is 0 Å². The SMILES string of the molecule is COc1ccc2cccc(CC(O)C3CCOC3)c2c1. The van der Waals surface area contributed by atoms with Gasteiger partial charge in [-0.15, -0.1) is 0 Å². The quantitative estimate of drug-likeness (QED) is 0.930. The summed E-state index contributed by atoms with van der Waals surface area (Å²) in [6.45, 7) is 1.44. The maximum atomic E-state index is 10.4. The molecule has 1 aliphatic rings. The van der Waals surface area contributed by atoms with Crippen LogP contribution in [0.1, 0.15) is 12.0 Å². The highest BCUT2D eigenvalue weighted by atomic mass is 16.5. The van der Waals surface area contributed by atoms with E-state index in [0.717, 1.165) is 24.2 Å². The van der Waals surface area contributed by atoms with Crippen LogP contribution in [0.4, 0.5) is 0 Å². The lowest BCUT2D eigenvalue weighted by Gasteiger charge is -2.17. The third-order valence-electron chi connectivity index (χ3n) is 4.12. The Labute approximate surface area is 119 Å². The molecule has 0 radical (unpaired) electrons. The Morgan fingerprint density at radius 2 is 2.25 bits per heavy atom. The summed E-state index contributed by atoms with van der Waals surface area (Å²) in [4.78, 5) is 0. The number of aliphatic hydroxyl groups excluding tert-OH is 1. The van der Waals surface area contributed by atoms with Crippen LogP contribution in [-0.2, 0) is 11.2 Å². The molecule has 1 N–H and O–H groups in total. The monoisotopic (exact) mass is 272 g/mol. The van der Waals surface area contributed by atoms with Crippen molar-refractivity contribution in [1.82, 2.24) is 0 Å². The summed E-state index contributed by atoms with van der Waals surface area (Å²) in [5.74, 6) is 1.11. The van der Waals surface area contributed by atoms with Crippen molar-refractivity contribution in [3.63, 3.8) is 0 Å². The maximum absolute atomic E-state index is 10.4. The van der Waals surface area contributed by atoms with Gasteiger partial charge < -0.3 is 14.6 Å². The second kappa shape index (κ2) is 5.81. The molecule has 3 heteroatoms. The van der Waals surface area contributed by atoms with Crippen LogP contribution < -0.4 is 4.74 Å². The second-order valence-corrected chi connectivity index (χ2v) is 5.40. The summed E-state index contributed by atoms with van der Waals surface area (Å²) in [5, 5.41) is 12.7. The molecular formula is C17H20O3. The van der Waals surface area contributed by atoms with E-state index in [1.165, 1.54) is 10.9 Å². The van der Waals surface area contributed by atoms with E-state index in [1.807, 2.05) is 18.2 Å². The largest absolute Gasteiger partial charge is 0.497 e. The fraction of sp³-hybridized carbons (Fsp3) is 0.412. The molecule has 1 saturated heterocycles. The van der Waals surface area contributed by atoms with E-state index in [4.69, 9.17) is 9.47 Å². The Bertz CT molecular complexity index is 588. The van der Waals surface area contributed by atoms with E-state index in [-0.39, 0.29) is 12.0 Å².